The first-order chi connectivity index (χ1) is 15.4. The second-order valence-electron chi connectivity index (χ2n) is 7.28. The normalized spacial score (nSPS) is 14.3. The zero-order valence-corrected chi connectivity index (χ0v) is 17.1. The quantitative estimate of drug-likeness (QED) is 0.492. The highest BCUT2D eigenvalue weighted by Crippen LogP contribution is 2.36. The van der Waals surface area contributed by atoms with Crippen LogP contribution in [0.3, 0.4) is 0 Å². The molecule has 0 aromatic heterocycles. The van der Waals surface area contributed by atoms with Gasteiger partial charge in [0.15, 0.2) is 5.78 Å². The Bertz CT molecular complexity index is 1280. The molecule has 0 fully saturated rings. The predicted octanol–water partition coefficient (Wildman–Crippen LogP) is 4.02. The van der Waals surface area contributed by atoms with Gasteiger partial charge in [0, 0.05) is 23.4 Å². The van der Waals surface area contributed by atoms with Crippen LogP contribution in [-0.4, -0.2) is 24.1 Å². The Labute approximate surface area is 183 Å². The molecule has 0 bridgehead atoms. The predicted molar refractivity (Wildman–Crippen MR) is 117 cm³/mol. The number of carbonyl (C=O) groups excluding carboxylic acids is 3. The third-order valence-corrected chi connectivity index (χ3v) is 5.39. The van der Waals surface area contributed by atoms with Gasteiger partial charge >= 0.3 is 0 Å². The molecular formula is C25H18FN3O3. The lowest BCUT2D eigenvalue weighted by Gasteiger charge is -2.24. The molecule has 158 valence electrons. The molecule has 0 radical (unpaired) electrons. The van der Waals surface area contributed by atoms with Crippen LogP contribution >= 0.6 is 0 Å². The molecule has 0 spiro atoms. The topological polar surface area (TPSA) is 90.3 Å². The van der Waals surface area contributed by atoms with E-state index in [0.29, 0.717) is 27.9 Å². The summed E-state index contributed by atoms with van der Waals surface area (Å²) in [4.78, 5) is 40.1. The number of anilines is 2. The smallest absolute Gasteiger partial charge is 0.244 e. The fourth-order valence-electron chi connectivity index (χ4n) is 3.78. The van der Waals surface area contributed by atoms with E-state index in [9.17, 15) is 18.8 Å². The molecule has 0 aliphatic carbocycles. The van der Waals surface area contributed by atoms with Gasteiger partial charge < -0.3 is 10.2 Å². The molecule has 3 aromatic rings. The van der Waals surface area contributed by atoms with Crippen molar-refractivity contribution in [2.45, 2.75) is 12.8 Å². The summed E-state index contributed by atoms with van der Waals surface area (Å²) in [6.07, 6.45) is 0. The van der Waals surface area contributed by atoms with Crippen molar-refractivity contribution in [1.29, 1.82) is 5.26 Å². The van der Waals surface area contributed by atoms with E-state index in [0.717, 1.165) is 0 Å². The molecule has 0 saturated carbocycles. The number of nitrogens with zero attached hydrogens (tertiary/aromatic N) is 2. The molecule has 2 amide bonds. The van der Waals surface area contributed by atoms with Gasteiger partial charge in [-0.1, -0.05) is 12.1 Å². The number of rotatable bonds is 5. The number of likely N-dealkylation sites (N-methyl/N-ethyl adjacent to an activating group) is 1. The number of benzene rings is 3. The highest BCUT2D eigenvalue weighted by Gasteiger charge is 2.39. The van der Waals surface area contributed by atoms with Crippen molar-refractivity contribution in [2.75, 3.05) is 16.8 Å². The zero-order chi connectivity index (χ0) is 22.8. The maximum Gasteiger partial charge on any atom is 0.244 e. The van der Waals surface area contributed by atoms with Gasteiger partial charge in [-0.25, -0.2) is 4.39 Å². The second-order valence-corrected chi connectivity index (χ2v) is 7.28. The van der Waals surface area contributed by atoms with Crippen molar-refractivity contribution < 1.29 is 18.8 Å². The average molecular weight is 427 g/mol. The number of amides is 2. The number of hydrogen-bond donors (Lipinski definition) is 1. The van der Waals surface area contributed by atoms with Crippen molar-refractivity contribution in [1.82, 2.24) is 0 Å². The molecule has 1 heterocycles. The number of ketones is 1. The third kappa shape index (κ3) is 3.63. The van der Waals surface area contributed by atoms with Crippen molar-refractivity contribution in [3.05, 3.63) is 94.8 Å². The van der Waals surface area contributed by atoms with Crippen LogP contribution in [0.1, 0.15) is 39.9 Å². The highest BCUT2D eigenvalue weighted by molar-refractivity contribution is 6.21. The molecular weight excluding hydrogens is 409 g/mol. The van der Waals surface area contributed by atoms with E-state index in [-0.39, 0.29) is 18.0 Å². The Morgan fingerprint density at radius 3 is 2.41 bits per heavy atom. The molecule has 1 aliphatic heterocycles. The Hall–Kier alpha value is -4.31. The summed E-state index contributed by atoms with van der Waals surface area (Å²) in [6, 6.07) is 18.7. The molecule has 4 rings (SSSR count). The summed E-state index contributed by atoms with van der Waals surface area (Å²) >= 11 is 0. The Morgan fingerprint density at radius 2 is 1.75 bits per heavy atom. The number of para-hydroxylation sites is 1. The van der Waals surface area contributed by atoms with Gasteiger partial charge in [0.1, 0.15) is 11.7 Å². The first-order valence-electron chi connectivity index (χ1n) is 10.00. The first kappa shape index (κ1) is 20.9. The number of nitrogens with one attached hydrogen (secondary N) is 1. The first-order valence-corrected chi connectivity index (χ1v) is 10.00. The van der Waals surface area contributed by atoms with Crippen molar-refractivity contribution in [3.63, 3.8) is 0 Å². The maximum absolute atomic E-state index is 14.3. The van der Waals surface area contributed by atoms with Gasteiger partial charge in [-0.15, -0.1) is 0 Å². The maximum atomic E-state index is 14.3. The standard InChI is InChI=1S/C25H18FN3O3/c1-2-29(21-6-4-3-5-19(21)26)25(32)22-18-13-17(11-12-20(18)28-24(22)31)23(30)16-9-7-15(14-27)8-10-16/h3-13,22H,2H2,1H3,(H,28,31). The highest BCUT2D eigenvalue weighted by atomic mass is 19.1. The summed E-state index contributed by atoms with van der Waals surface area (Å²) in [5.74, 6) is -3.16. The minimum atomic E-state index is -1.20. The van der Waals surface area contributed by atoms with Gasteiger partial charge in [0.25, 0.3) is 0 Å². The van der Waals surface area contributed by atoms with Crippen LogP contribution in [0.15, 0.2) is 66.7 Å². The van der Waals surface area contributed by atoms with Crippen LogP contribution in [0.2, 0.25) is 0 Å². The fourth-order valence-corrected chi connectivity index (χ4v) is 3.78. The number of carbonyl (C=O) groups is 3. The van der Waals surface area contributed by atoms with Gasteiger partial charge in [-0.3, -0.25) is 14.4 Å². The Kier molecular flexibility index (Phi) is 5.52. The van der Waals surface area contributed by atoms with Crippen LogP contribution < -0.4 is 10.2 Å². The minimum absolute atomic E-state index is 0.0889. The molecule has 0 saturated heterocycles. The van der Waals surface area contributed by atoms with Crippen molar-refractivity contribution >= 4 is 29.0 Å². The van der Waals surface area contributed by atoms with Gasteiger partial charge in [0.05, 0.1) is 17.3 Å². The van der Waals surface area contributed by atoms with Crippen LogP contribution in [0.4, 0.5) is 15.8 Å². The number of hydrogen-bond acceptors (Lipinski definition) is 4. The van der Waals surface area contributed by atoms with Gasteiger partial charge in [-0.05, 0) is 67.1 Å². The van der Waals surface area contributed by atoms with Gasteiger partial charge in [-0.2, -0.15) is 5.26 Å². The second kappa shape index (κ2) is 8.44. The SMILES string of the molecule is CCN(C(=O)C1C(=O)Nc2ccc(C(=O)c3ccc(C#N)cc3)cc21)c1ccccc1F. The summed E-state index contributed by atoms with van der Waals surface area (Å²) in [6.45, 7) is 1.87. The molecule has 6 nitrogen and oxygen atoms in total. The zero-order valence-electron chi connectivity index (χ0n) is 17.1. The van der Waals surface area contributed by atoms with Crippen molar-refractivity contribution in [2.24, 2.45) is 0 Å². The van der Waals surface area contributed by atoms with E-state index in [1.807, 2.05) is 6.07 Å². The van der Waals surface area contributed by atoms with Crippen LogP contribution in [0, 0.1) is 17.1 Å². The third-order valence-electron chi connectivity index (χ3n) is 5.39. The molecule has 1 aliphatic rings. The summed E-state index contributed by atoms with van der Waals surface area (Å²) in [5.41, 5.74) is 2.01. The molecule has 32 heavy (non-hydrogen) atoms. The lowest BCUT2D eigenvalue weighted by molar-refractivity contribution is -0.126. The lowest BCUT2D eigenvalue weighted by Crippen LogP contribution is -2.38. The summed E-state index contributed by atoms with van der Waals surface area (Å²) in [7, 11) is 0. The number of fused-ring (bicyclic) bond motifs is 1. The minimum Gasteiger partial charge on any atom is -0.325 e. The molecule has 7 heteroatoms. The van der Waals surface area contributed by atoms with Crippen LogP contribution in [0.25, 0.3) is 0 Å². The molecule has 1 atom stereocenters. The van der Waals surface area contributed by atoms with Crippen LogP contribution in [0.5, 0.6) is 0 Å². The van der Waals surface area contributed by atoms with E-state index in [2.05, 4.69) is 5.32 Å². The van der Waals surface area contributed by atoms with E-state index in [1.54, 1.807) is 49.4 Å². The summed E-state index contributed by atoms with van der Waals surface area (Å²) < 4.78 is 14.3. The average Bonchev–Trinajstić information content (AvgIpc) is 3.15. The van der Waals surface area contributed by atoms with Crippen molar-refractivity contribution in [3.8, 4) is 6.07 Å². The lowest BCUT2D eigenvalue weighted by atomic mass is 9.94. The monoisotopic (exact) mass is 427 g/mol. The Balaban J connectivity index is 1.69. The number of halogens is 1. The Morgan fingerprint density at radius 1 is 1.06 bits per heavy atom. The largest absolute Gasteiger partial charge is 0.325 e. The van der Waals surface area contributed by atoms with E-state index in [4.69, 9.17) is 5.26 Å². The summed E-state index contributed by atoms with van der Waals surface area (Å²) in [5, 5.41) is 11.6. The van der Waals surface area contributed by atoms with Gasteiger partial charge in [0.2, 0.25) is 11.8 Å². The molecule has 1 N–H and O–H groups in total. The molecule has 3 aromatic carbocycles. The van der Waals surface area contributed by atoms with E-state index >= 15 is 0 Å². The van der Waals surface area contributed by atoms with E-state index in [1.165, 1.54) is 29.2 Å². The van der Waals surface area contributed by atoms with E-state index < -0.39 is 23.5 Å². The number of nitriles is 1. The van der Waals surface area contributed by atoms with Crippen LogP contribution in [-0.2, 0) is 9.59 Å². The fraction of sp³-hybridized carbons (Fsp3) is 0.120. The molecule has 1 unspecified atom stereocenters.